The van der Waals surface area contributed by atoms with Gasteiger partial charge in [0.1, 0.15) is 0 Å². The summed E-state index contributed by atoms with van der Waals surface area (Å²) in [4.78, 5) is 16.0. The minimum Gasteiger partial charge on any atom is -0.365 e. The van der Waals surface area contributed by atoms with Crippen LogP contribution in [0.15, 0.2) is 48.7 Å². The van der Waals surface area contributed by atoms with Crippen molar-refractivity contribution in [1.29, 1.82) is 0 Å². The number of benzene rings is 1. The van der Waals surface area contributed by atoms with E-state index in [0.29, 0.717) is 11.2 Å². The quantitative estimate of drug-likeness (QED) is 0.760. The second-order valence-corrected chi connectivity index (χ2v) is 4.39. The maximum Gasteiger partial charge on any atom is 0.252 e. The van der Waals surface area contributed by atoms with Crippen LogP contribution in [0.5, 0.6) is 0 Å². The van der Waals surface area contributed by atoms with Gasteiger partial charge < -0.3 is 10.1 Å². The maximum atomic E-state index is 11.4. The molecule has 0 spiro atoms. The van der Waals surface area contributed by atoms with Crippen molar-refractivity contribution >= 4 is 11.6 Å². The van der Waals surface area contributed by atoms with E-state index in [9.17, 15) is 4.79 Å². The number of aromatic nitrogens is 2. The van der Waals surface area contributed by atoms with Crippen molar-refractivity contribution in [2.24, 2.45) is 5.73 Å². The Bertz CT molecular complexity index is 760. The fourth-order valence-electron chi connectivity index (χ4n) is 2.25. The number of hydrogen-bond donors (Lipinski definition) is 1. The molecule has 2 heterocycles. The molecule has 4 heteroatoms. The predicted molar refractivity (Wildman–Crippen MR) is 73.9 cm³/mol. The van der Waals surface area contributed by atoms with Gasteiger partial charge in [-0.1, -0.05) is 30.3 Å². The third kappa shape index (κ3) is 1.78. The summed E-state index contributed by atoms with van der Waals surface area (Å²) in [7, 11) is 0. The summed E-state index contributed by atoms with van der Waals surface area (Å²) < 4.78 is 1.89. The van der Waals surface area contributed by atoms with Gasteiger partial charge in [0.2, 0.25) is 0 Å². The minimum atomic E-state index is -0.463. The molecule has 0 unspecified atom stereocenters. The maximum absolute atomic E-state index is 11.4. The summed E-state index contributed by atoms with van der Waals surface area (Å²) in [5.74, 6) is -0.463. The zero-order valence-corrected chi connectivity index (χ0v) is 10.5. The number of nitrogens with zero attached hydrogens (tertiary/aromatic N) is 2. The molecule has 1 aromatic carbocycles. The molecule has 0 saturated carbocycles. The summed E-state index contributed by atoms with van der Waals surface area (Å²) in [6, 6.07) is 13.4. The first kappa shape index (κ1) is 11.5. The minimum absolute atomic E-state index is 0.438. The van der Waals surface area contributed by atoms with Crippen LogP contribution in [0.4, 0.5) is 0 Å². The van der Waals surface area contributed by atoms with Crippen molar-refractivity contribution in [2.75, 3.05) is 0 Å². The Morgan fingerprint density at radius 1 is 1.16 bits per heavy atom. The van der Waals surface area contributed by atoms with E-state index >= 15 is 0 Å². The monoisotopic (exact) mass is 251 g/mol. The van der Waals surface area contributed by atoms with E-state index in [1.807, 2.05) is 47.9 Å². The zero-order valence-electron chi connectivity index (χ0n) is 10.5. The van der Waals surface area contributed by atoms with Crippen LogP contribution in [0, 0.1) is 6.92 Å². The lowest BCUT2D eigenvalue weighted by atomic mass is 10.1. The number of primary amides is 1. The third-order valence-corrected chi connectivity index (χ3v) is 3.20. The standard InChI is InChI=1S/C15H13N3O/c1-10-13(11-6-3-2-4-7-11)17-15-12(14(16)19)8-5-9-18(10)15/h2-9H,1H3,(H2,16,19). The molecule has 1 amide bonds. The van der Waals surface area contributed by atoms with Gasteiger partial charge in [0.15, 0.2) is 5.65 Å². The summed E-state index contributed by atoms with van der Waals surface area (Å²) in [5, 5.41) is 0. The van der Waals surface area contributed by atoms with Crippen molar-refractivity contribution in [3.63, 3.8) is 0 Å². The number of aryl methyl sites for hydroxylation is 1. The highest BCUT2D eigenvalue weighted by Gasteiger charge is 2.14. The van der Waals surface area contributed by atoms with Crippen molar-refractivity contribution in [3.8, 4) is 11.3 Å². The van der Waals surface area contributed by atoms with Gasteiger partial charge in [0.05, 0.1) is 11.3 Å². The van der Waals surface area contributed by atoms with Gasteiger partial charge in [-0.3, -0.25) is 4.79 Å². The van der Waals surface area contributed by atoms with E-state index in [4.69, 9.17) is 5.73 Å². The molecule has 0 aliphatic heterocycles. The molecule has 4 nitrogen and oxygen atoms in total. The van der Waals surface area contributed by atoms with Crippen LogP contribution in [-0.4, -0.2) is 15.3 Å². The Labute approximate surface area is 110 Å². The molecule has 0 aliphatic carbocycles. The van der Waals surface area contributed by atoms with Gasteiger partial charge in [-0.05, 0) is 19.1 Å². The Morgan fingerprint density at radius 2 is 1.89 bits per heavy atom. The average molecular weight is 251 g/mol. The van der Waals surface area contributed by atoms with E-state index in [0.717, 1.165) is 17.0 Å². The largest absolute Gasteiger partial charge is 0.365 e. The topological polar surface area (TPSA) is 60.4 Å². The molecule has 2 aromatic heterocycles. The van der Waals surface area contributed by atoms with Crippen molar-refractivity contribution < 1.29 is 4.79 Å². The van der Waals surface area contributed by atoms with E-state index in [-0.39, 0.29) is 0 Å². The molecular formula is C15H13N3O. The van der Waals surface area contributed by atoms with Crippen molar-refractivity contribution in [2.45, 2.75) is 6.92 Å². The van der Waals surface area contributed by atoms with Crippen LogP contribution in [0.2, 0.25) is 0 Å². The van der Waals surface area contributed by atoms with E-state index in [2.05, 4.69) is 4.98 Å². The molecule has 2 N–H and O–H groups in total. The van der Waals surface area contributed by atoms with Crippen molar-refractivity contribution in [3.05, 3.63) is 59.9 Å². The zero-order chi connectivity index (χ0) is 13.4. The molecule has 94 valence electrons. The number of carbonyl (C=O) groups is 1. The first-order valence-electron chi connectivity index (χ1n) is 6.01. The molecule has 3 rings (SSSR count). The molecule has 0 saturated heterocycles. The summed E-state index contributed by atoms with van der Waals surface area (Å²) in [6.45, 7) is 1.98. The number of amides is 1. The van der Waals surface area contributed by atoms with E-state index in [1.165, 1.54) is 0 Å². The van der Waals surface area contributed by atoms with Crippen LogP contribution < -0.4 is 5.73 Å². The number of hydrogen-bond acceptors (Lipinski definition) is 2. The number of imidazole rings is 1. The van der Waals surface area contributed by atoms with E-state index < -0.39 is 5.91 Å². The van der Waals surface area contributed by atoms with Crippen LogP contribution in [0.25, 0.3) is 16.9 Å². The van der Waals surface area contributed by atoms with Crippen LogP contribution in [-0.2, 0) is 0 Å². The highest BCUT2D eigenvalue weighted by molar-refractivity contribution is 5.99. The first-order valence-corrected chi connectivity index (χ1v) is 6.01. The lowest BCUT2D eigenvalue weighted by Gasteiger charge is -2.00. The fourth-order valence-corrected chi connectivity index (χ4v) is 2.25. The Hall–Kier alpha value is -2.62. The molecular weight excluding hydrogens is 238 g/mol. The number of fused-ring (bicyclic) bond motifs is 1. The predicted octanol–water partition coefficient (Wildman–Crippen LogP) is 2.41. The molecule has 0 radical (unpaired) electrons. The summed E-state index contributed by atoms with van der Waals surface area (Å²) >= 11 is 0. The van der Waals surface area contributed by atoms with Gasteiger partial charge in [0, 0.05) is 17.5 Å². The van der Waals surface area contributed by atoms with Crippen LogP contribution >= 0.6 is 0 Å². The number of nitrogens with two attached hydrogens (primary N) is 1. The van der Waals surface area contributed by atoms with Gasteiger partial charge in [-0.15, -0.1) is 0 Å². The first-order chi connectivity index (χ1) is 9.18. The Kier molecular flexibility index (Phi) is 2.56. The van der Waals surface area contributed by atoms with Gasteiger partial charge in [-0.2, -0.15) is 0 Å². The van der Waals surface area contributed by atoms with Crippen molar-refractivity contribution in [1.82, 2.24) is 9.38 Å². The van der Waals surface area contributed by atoms with Crippen LogP contribution in [0.1, 0.15) is 16.1 Å². The molecule has 0 aliphatic rings. The smallest absolute Gasteiger partial charge is 0.252 e. The average Bonchev–Trinajstić information content (AvgIpc) is 2.77. The van der Waals surface area contributed by atoms with Gasteiger partial charge in [0.25, 0.3) is 5.91 Å². The summed E-state index contributed by atoms with van der Waals surface area (Å²) in [5.41, 5.74) is 9.31. The van der Waals surface area contributed by atoms with Gasteiger partial charge in [-0.25, -0.2) is 4.98 Å². The normalized spacial score (nSPS) is 10.8. The Balaban J connectivity index is 2.32. The summed E-state index contributed by atoms with van der Waals surface area (Å²) in [6.07, 6.45) is 1.89. The molecule has 0 fully saturated rings. The van der Waals surface area contributed by atoms with E-state index in [1.54, 1.807) is 12.1 Å². The lowest BCUT2D eigenvalue weighted by molar-refractivity contribution is 0.100. The fraction of sp³-hybridized carbons (Fsp3) is 0.0667. The number of pyridine rings is 1. The number of carbonyl (C=O) groups excluding carboxylic acids is 1. The highest BCUT2D eigenvalue weighted by Crippen LogP contribution is 2.24. The lowest BCUT2D eigenvalue weighted by Crippen LogP contribution is -2.12. The Morgan fingerprint density at radius 3 is 2.58 bits per heavy atom. The third-order valence-electron chi connectivity index (χ3n) is 3.20. The molecule has 0 atom stereocenters. The molecule has 19 heavy (non-hydrogen) atoms. The van der Waals surface area contributed by atoms with Gasteiger partial charge >= 0.3 is 0 Å². The highest BCUT2D eigenvalue weighted by atomic mass is 16.1. The SMILES string of the molecule is Cc1c(-c2ccccc2)nc2c(C(N)=O)cccn12. The second kappa shape index (κ2) is 4.24. The van der Waals surface area contributed by atoms with Crippen LogP contribution in [0.3, 0.4) is 0 Å². The molecule has 3 aromatic rings. The second-order valence-electron chi connectivity index (χ2n) is 4.39. The molecule has 0 bridgehead atoms. The number of rotatable bonds is 2.